The van der Waals surface area contributed by atoms with Gasteiger partial charge in [0, 0.05) is 5.92 Å². The van der Waals surface area contributed by atoms with Gasteiger partial charge in [-0.15, -0.1) is 0 Å². The van der Waals surface area contributed by atoms with E-state index >= 15 is 0 Å². The van der Waals surface area contributed by atoms with Crippen molar-refractivity contribution in [3.05, 3.63) is 0 Å². The van der Waals surface area contributed by atoms with E-state index in [2.05, 4.69) is 20.8 Å². The Balaban J connectivity index is 3.54. The van der Waals surface area contributed by atoms with Crippen molar-refractivity contribution in [3.63, 3.8) is 0 Å². The molecule has 0 N–H and O–H groups in total. The molecule has 11 heavy (non-hydrogen) atoms. The number of alkyl halides is 2. The zero-order valence-electron chi connectivity index (χ0n) is 7.82. The highest BCUT2D eigenvalue weighted by Crippen LogP contribution is 2.25. The summed E-state index contributed by atoms with van der Waals surface area (Å²) in [6.07, 6.45) is -0.656. The third-order valence-corrected chi connectivity index (χ3v) is 1.78. The highest BCUT2D eigenvalue weighted by atomic mass is 19.3. The lowest BCUT2D eigenvalue weighted by Gasteiger charge is -2.20. The second-order valence-electron chi connectivity index (χ2n) is 4.41. The lowest BCUT2D eigenvalue weighted by Crippen LogP contribution is -2.12. The summed E-state index contributed by atoms with van der Waals surface area (Å²) in [6.45, 7) is 7.83. The smallest absolute Gasteiger partial charge is 0.210 e. The first-order valence-corrected chi connectivity index (χ1v) is 4.11. The predicted molar refractivity (Wildman–Crippen MR) is 43.9 cm³/mol. The van der Waals surface area contributed by atoms with Crippen molar-refractivity contribution in [1.82, 2.24) is 0 Å². The highest BCUT2D eigenvalue weighted by molar-refractivity contribution is 4.64. The predicted octanol–water partition coefficient (Wildman–Crippen LogP) is 3.71. The topological polar surface area (TPSA) is 0 Å². The van der Waals surface area contributed by atoms with Gasteiger partial charge in [0.1, 0.15) is 0 Å². The number of hydrogen-bond acceptors (Lipinski definition) is 0. The minimum absolute atomic E-state index is 0.184. The largest absolute Gasteiger partial charge is 0.241 e. The average Bonchev–Trinajstić information content (AvgIpc) is 1.80. The van der Waals surface area contributed by atoms with Gasteiger partial charge in [0.25, 0.3) is 0 Å². The van der Waals surface area contributed by atoms with E-state index < -0.39 is 12.3 Å². The van der Waals surface area contributed by atoms with Crippen LogP contribution in [0.5, 0.6) is 0 Å². The fourth-order valence-corrected chi connectivity index (χ4v) is 0.787. The lowest BCUT2D eigenvalue weighted by atomic mass is 9.87. The highest BCUT2D eigenvalue weighted by Gasteiger charge is 2.18. The molecule has 1 atom stereocenters. The summed E-state index contributed by atoms with van der Waals surface area (Å²) in [5, 5.41) is 0. The Bertz CT molecular complexity index is 103. The van der Waals surface area contributed by atoms with Gasteiger partial charge in [-0.3, -0.25) is 0 Å². The molecule has 1 unspecified atom stereocenters. The van der Waals surface area contributed by atoms with E-state index in [1.807, 2.05) is 0 Å². The summed E-state index contributed by atoms with van der Waals surface area (Å²) in [6, 6.07) is 0. The minimum Gasteiger partial charge on any atom is -0.210 e. The van der Waals surface area contributed by atoms with Crippen LogP contribution in [0.25, 0.3) is 0 Å². The molecule has 0 radical (unpaired) electrons. The molecule has 0 aromatic heterocycles. The first-order valence-electron chi connectivity index (χ1n) is 4.11. The molecule has 0 spiro atoms. The van der Waals surface area contributed by atoms with Gasteiger partial charge in [0.15, 0.2) is 0 Å². The summed E-state index contributed by atoms with van der Waals surface area (Å²) in [5.41, 5.74) is 0.184. The Morgan fingerprint density at radius 3 is 1.91 bits per heavy atom. The third kappa shape index (κ3) is 6.27. The Hall–Kier alpha value is -0.140. The van der Waals surface area contributed by atoms with Crippen molar-refractivity contribution in [2.24, 2.45) is 11.3 Å². The molecule has 0 nitrogen and oxygen atoms in total. The molecule has 0 fully saturated rings. The third-order valence-electron chi connectivity index (χ3n) is 1.78. The van der Waals surface area contributed by atoms with Crippen LogP contribution in [0.1, 0.15) is 40.5 Å². The molecule has 68 valence electrons. The van der Waals surface area contributed by atoms with E-state index in [0.717, 1.165) is 6.42 Å². The van der Waals surface area contributed by atoms with Crippen LogP contribution in [0.3, 0.4) is 0 Å². The van der Waals surface area contributed by atoms with E-state index in [9.17, 15) is 8.78 Å². The van der Waals surface area contributed by atoms with Gasteiger partial charge >= 0.3 is 0 Å². The van der Waals surface area contributed by atoms with Gasteiger partial charge in [-0.05, 0) is 18.3 Å². The summed E-state index contributed by atoms with van der Waals surface area (Å²) >= 11 is 0. The van der Waals surface area contributed by atoms with Crippen LogP contribution in [0.4, 0.5) is 8.78 Å². The van der Waals surface area contributed by atoms with Gasteiger partial charge in [0.05, 0.1) is 0 Å². The Morgan fingerprint density at radius 1 is 1.18 bits per heavy atom. The first-order chi connectivity index (χ1) is 4.83. The van der Waals surface area contributed by atoms with Crippen molar-refractivity contribution < 1.29 is 8.78 Å². The molecule has 0 rings (SSSR count). The van der Waals surface area contributed by atoms with Gasteiger partial charge in [-0.1, -0.05) is 27.7 Å². The standard InChI is InChI=1S/C9H18F2/c1-7(8(10)11)5-6-9(2,3)4/h7-8H,5-6H2,1-4H3. The van der Waals surface area contributed by atoms with E-state index in [0.29, 0.717) is 6.42 Å². The molecular weight excluding hydrogens is 146 g/mol. The van der Waals surface area contributed by atoms with E-state index in [1.165, 1.54) is 0 Å². The van der Waals surface area contributed by atoms with E-state index in [-0.39, 0.29) is 5.41 Å². The van der Waals surface area contributed by atoms with Crippen LogP contribution < -0.4 is 0 Å². The molecule has 0 aromatic rings. The normalized spacial score (nSPS) is 15.5. The fraction of sp³-hybridized carbons (Fsp3) is 1.00. The summed E-state index contributed by atoms with van der Waals surface area (Å²) in [7, 11) is 0. The molecule has 0 aliphatic rings. The molecule has 0 aromatic carbocycles. The molecule has 0 aliphatic heterocycles. The van der Waals surface area contributed by atoms with Crippen molar-refractivity contribution in [1.29, 1.82) is 0 Å². The van der Waals surface area contributed by atoms with Gasteiger partial charge in [-0.25, -0.2) is 8.78 Å². The second kappa shape index (κ2) is 4.03. The Labute approximate surface area is 68.0 Å². The van der Waals surface area contributed by atoms with Crippen molar-refractivity contribution in [2.45, 2.75) is 47.0 Å². The fourth-order valence-electron chi connectivity index (χ4n) is 0.787. The zero-order chi connectivity index (χ0) is 9.07. The molecule has 0 bridgehead atoms. The second-order valence-corrected chi connectivity index (χ2v) is 4.41. The minimum atomic E-state index is -2.16. The maximum atomic E-state index is 12.0. The Morgan fingerprint density at radius 2 is 1.64 bits per heavy atom. The monoisotopic (exact) mass is 164 g/mol. The SMILES string of the molecule is CC(CCC(C)(C)C)C(F)F. The molecule has 2 heteroatoms. The molecule has 0 heterocycles. The first kappa shape index (κ1) is 10.9. The summed E-state index contributed by atoms with van der Waals surface area (Å²) < 4.78 is 24.0. The molecule has 0 saturated heterocycles. The van der Waals surface area contributed by atoms with Gasteiger partial charge in [0.2, 0.25) is 6.43 Å². The van der Waals surface area contributed by atoms with Crippen molar-refractivity contribution >= 4 is 0 Å². The maximum absolute atomic E-state index is 12.0. The van der Waals surface area contributed by atoms with Crippen LogP contribution in [-0.4, -0.2) is 6.43 Å². The van der Waals surface area contributed by atoms with Crippen molar-refractivity contribution in [3.8, 4) is 0 Å². The van der Waals surface area contributed by atoms with Crippen molar-refractivity contribution in [2.75, 3.05) is 0 Å². The molecule has 0 saturated carbocycles. The molecular formula is C9H18F2. The average molecular weight is 164 g/mol. The van der Waals surface area contributed by atoms with Crippen LogP contribution >= 0.6 is 0 Å². The number of halogens is 2. The van der Waals surface area contributed by atoms with Crippen LogP contribution in [-0.2, 0) is 0 Å². The lowest BCUT2D eigenvalue weighted by molar-refractivity contribution is 0.0755. The molecule has 0 amide bonds. The van der Waals surface area contributed by atoms with Crippen LogP contribution in [0, 0.1) is 11.3 Å². The van der Waals surface area contributed by atoms with Gasteiger partial charge < -0.3 is 0 Å². The van der Waals surface area contributed by atoms with Gasteiger partial charge in [-0.2, -0.15) is 0 Å². The Kier molecular flexibility index (Phi) is 3.98. The molecule has 0 aliphatic carbocycles. The summed E-state index contributed by atoms with van der Waals surface area (Å²) in [4.78, 5) is 0. The summed E-state index contributed by atoms with van der Waals surface area (Å²) in [5.74, 6) is -0.450. The number of hydrogen-bond donors (Lipinski definition) is 0. The van der Waals surface area contributed by atoms with Crippen LogP contribution in [0.2, 0.25) is 0 Å². The quantitative estimate of drug-likeness (QED) is 0.596. The van der Waals surface area contributed by atoms with E-state index in [1.54, 1.807) is 6.92 Å². The van der Waals surface area contributed by atoms with Crippen LogP contribution in [0.15, 0.2) is 0 Å². The van der Waals surface area contributed by atoms with E-state index in [4.69, 9.17) is 0 Å². The maximum Gasteiger partial charge on any atom is 0.241 e. The zero-order valence-corrected chi connectivity index (χ0v) is 7.82. The number of rotatable bonds is 3.